The van der Waals surface area contributed by atoms with Gasteiger partial charge in [-0.1, -0.05) is 49.2 Å². The summed E-state index contributed by atoms with van der Waals surface area (Å²) in [7, 11) is 0. The van der Waals surface area contributed by atoms with E-state index >= 15 is 0 Å². The number of halogens is 2. The molecule has 2 aromatic heterocycles. The Morgan fingerprint density at radius 3 is 2.32 bits per heavy atom. The fraction of sp³-hybridized carbons (Fsp3) is 0.469. The molecule has 1 saturated heterocycles. The molecular weight excluding hydrogens is 561 g/mol. The summed E-state index contributed by atoms with van der Waals surface area (Å²) in [6, 6.07) is 9.34. The molecule has 41 heavy (non-hydrogen) atoms. The maximum Gasteiger partial charge on any atom is 0.307 e. The van der Waals surface area contributed by atoms with Crippen LogP contribution in [0.2, 0.25) is 10.0 Å². The van der Waals surface area contributed by atoms with Crippen LogP contribution in [0.1, 0.15) is 64.3 Å². The van der Waals surface area contributed by atoms with Gasteiger partial charge in [0.05, 0.1) is 46.3 Å². The first-order chi connectivity index (χ1) is 19.1. The van der Waals surface area contributed by atoms with Gasteiger partial charge in [0.25, 0.3) is 0 Å². The third-order valence-corrected chi connectivity index (χ3v) is 7.67. The van der Waals surface area contributed by atoms with Crippen molar-refractivity contribution < 1.29 is 19.7 Å². The lowest BCUT2D eigenvalue weighted by Crippen LogP contribution is -2.38. The van der Waals surface area contributed by atoms with E-state index in [0.717, 1.165) is 59.7 Å². The van der Waals surface area contributed by atoms with E-state index in [1.165, 1.54) is 0 Å². The van der Waals surface area contributed by atoms with Crippen LogP contribution in [0.15, 0.2) is 42.7 Å². The van der Waals surface area contributed by atoms with Gasteiger partial charge in [0.15, 0.2) is 0 Å². The van der Waals surface area contributed by atoms with E-state index in [1.54, 1.807) is 39.2 Å². The van der Waals surface area contributed by atoms with Gasteiger partial charge < -0.3 is 19.8 Å². The Morgan fingerprint density at radius 2 is 1.73 bits per heavy atom. The maximum atomic E-state index is 11.7. The number of carboxylic acid groups (broad SMARTS) is 1. The van der Waals surface area contributed by atoms with Crippen molar-refractivity contribution in [3.63, 3.8) is 0 Å². The number of pyridine rings is 2. The van der Waals surface area contributed by atoms with Gasteiger partial charge in [-0.3, -0.25) is 14.8 Å². The number of aryl methyl sites for hydroxylation is 1. The average molecular weight is 603 g/mol. The van der Waals surface area contributed by atoms with Gasteiger partial charge in [0.1, 0.15) is 5.75 Å². The first-order valence-electron chi connectivity index (χ1n) is 13.8. The number of anilines is 1. The van der Waals surface area contributed by atoms with Crippen LogP contribution in [-0.4, -0.2) is 51.4 Å². The van der Waals surface area contributed by atoms with Crippen LogP contribution in [-0.2, 0) is 17.6 Å². The SMILES string of the molecule is CC(C)(C)O.Cc1ncc(-c2ccc(OCCc3cccc(Cl)c3Cl)cn2)c(N2CCC(C)(C)CC2)c1CC(=O)O. The molecule has 0 unspecified atom stereocenters. The van der Waals surface area contributed by atoms with E-state index in [0.29, 0.717) is 28.8 Å². The zero-order valence-corrected chi connectivity index (χ0v) is 26.3. The lowest BCUT2D eigenvalue weighted by molar-refractivity contribution is -0.136. The minimum Gasteiger partial charge on any atom is -0.492 e. The van der Waals surface area contributed by atoms with Gasteiger partial charge in [0.2, 0.25) is 0 Å². The van der Waals surface area contributed by atoms with Crippen LogP contribution in [0.3, 0.4) is 0 Å². The quantitative estimate of drug-likeness (QED) is 0.277. The minimum absolute atomic E-state index is 0.0742. The summed E-state index contributed by atoms with van der Waals surface area (Å²) in [6.45, 7) is 13.8. The zero-order chi connectivity index (χ0) is 30.4. The van der Waals surface area contributed by atoms with Gasteiger partial charge in [0, 0.05) is 42.5 Å². The highest BCUT2D eigenvalue weighted by Gasteiger charge is 2.29. The first kappa shape index (κ1) is 32.6. The Balaban J connectivity index is 0.000000850. The molecular formula is C32H41Cl2N3O4. The standard InChI is InChI=1S/C28H31Cl2N3O3.C4H10O/c1-18-21(15-25(34)35)27(33-12-10-28(2,3)11-13-33)22(17-31-18)24-8-7-20(16-32-24)36-14-9-19-5-4-6-23(29)26(19)30;1-4(2,3)5/h4-8,16-17H,9-15H2,1-3H3,(H,34,35);5H,1-3H3. The fourth-order valence-electron chi connectivity index (χ4n) is 4.53. The molecule has 2 N–H and O–H groups in total. The highest BCUT2D eigenvalue weighted by atomic mass is 35.5. The van der Waals surface area contributed by atoms with Gasteiger partial charge in [-0.15, -0.1) is 0 Å². The Labute approximate surface area is 253 Å². The smallest absolute Gasteiger partial charge is 0.307 e. The predicted molar refractivity (Wildman–Crippen MR) is 166 cm³/mol. The summed E-state index contributed by atoms with van der Waals surface area (Å²) in [6.07, 6.45) is 6.12. The Morgan fingerprint density at radius 1 is 1.07 bits per heavy atom. The number of aliphatic carboxylic acids is 1. The summed E-state index contributed by atoms with van der Waals surface area (Å²) in [5, 5.41) is 19.2. The monoisotopic (exact) mass is 601 g/mol. The van der Waals surface area contributed by atoms with Gasteiger partial charge in [-0.05, 0) is 69.7 Å². The van der Waals surface area contributed by atoms with E-state index in [4.69, 9.17) is 33.0 Å². The summed E-state index contributed by atoms with van der Waals surface area (Å²) in [5.74, 6) is -0.226. The molecule has 0 amide bonds. The number of carbonyl (C=O) groups is 1. The second-order valence-electron chi connectivity index (χ2n) is 12.2. The number of rotatable bonds is 8. The van der Waals surface area contributed by atoms with Crippen LogP contribution < -0.4 is 9.64 Å². The van der Waals surface area contributed by atoms with Crippen molar-refractivity contribution in [2.75, 3.05) is 24.6 Å². The fourth-order valence-corrected chi connectivity index (χ4v) is 4.94. The molecule has 1 aliphatic rings. The van der Waals surface area contributed by atoms with Crippen LogP contribution in [0.4, 0.5) is 5.69 Å². The maximum absolute atomic E-state index is 11.7. The number of piperidine rings is 1. The average Bonchev–Trinajstić information content (AvgIpc) is 2.87. The Bertz CT molecular complexity index is 1320. The first-order valence-corrected chi connectivity index (χ1v) is 14.6. The number of carboxylic acids is 1. The highest BCUT2D eigenvalue weighted by Crippen LogP contribution is 2.39. The molecule has 0 radical (unpaired) electrons. The van der Waals surface area contributed by atoms with Crippen molar-refractivity contribution in [1.82, 2.24) is 9.97 Å². The van der Waals surface area contributed by atoms with Gasteiger partial charge in [-0.2, -0.15) is 0 Å². The van der Waals surface area contributed by atoms with Crippen molar-refractivity contribution in [2.24, 2.45) is 5.41 Å². The number of ether oxygens (including phenoxy) is 1. The lowest BCUT2D eigenvalue weighted by Gasteiger charge is -2.40. The van der Waals surface area contributed by atoms with E-state index in [-0.39, 0.29) is 11.8 Å². The van der Waals surface area contributed by atoms with Crippen LogP contribution in [0, 0.1) is 12.3 Å². The molecule has 1 aromatic carbocycles. The molecule has 1 aliphatic heterocycles. The molecule has 0 spiro atoms. The molecule has 0 aliphatic carbocycles. The molecule has 222 valence electrons. The van der Waals surface area contributed by atoms with Crippen molar-refractivity contribution in [1.29, 1.82) is 0 Å². The molecule has 1 fully saturated rings. The third kappa shape index (κ3) is 9.87. The molecule has 3 heterocycles. The number of nitrogens with zero attached hydrogens (tertiary/aromatic N) is 3. The molecule has 9 heteroatoms. The minimum atomic E-state index is -0.868. The molecule has 4 rings (SSSR count). The van der Waals surface area contributed by atoms with Crippen LogP contribution in [0.25, 0.3) is 11.3 Å². The number of aliphatic hydroxyl groups is 1. The zero-order valence-electron chi connectivity index (χ0n) is 24.8. The van der Waals surface area contributed by atoms with Gasteiger partial charge >= 0.3 is 5.97 Å². The molecule has 3 aromatic rings. The van der Waals surface area contributed by atoms with Crippen LogP contribution >= 0.6 is 23.2 Å². The Hall–Kier alpha value is -2.87. The molecule has 0 bridgehead atoms. The summed E-state index contributed by atoms with van der Waals surface area (Å²) in [4.78, 5) is 23.2. The number of aromatic nitrogens is 2. The molecule has 0 atom stereocenters. The van der Waals surface area contributed by atoms with Crippen molar-refractivity contribution in [3.8, 4) is 17.0 Å². The van der Waals surface area contributed by atoms with E-state index in [1.807, 2.05) is 31.2 Å². The number of hydrogen-bond acceptors (Lipinski definition) is 6. The highest BCUT2D eigenvalue weighted by molar-refractivity contribution is 6.42. The number of benzene rings is 1. The largest absolute Gasteiger partial charge is 0.492 e. The van der Waals surface area contributed by atoms with Crippen molar-refractivity contribution in [3.05, 3.63) is 69.6 Å². The van der Waals surface area contributed by atoms with E-state index < -0.39 is 11.6 Å². The van der Waals surface area contributed by atoms with Crippen molar-refractivity contribution >= 4 is 34.9 Å². The summed E-state index contributed by atoms with van der Waals surface area (Å²) >= 11 is 12.4. The second kappa shape index (κ2) is 13.9. The third-order valence-electron chi connectivity index (χ3n) is 6.81. The summed E-state index contributed by atoms with van der Waals surface area (Å²) in [5.41, 5.74) is 4.70. The van der Waals surface area contributed by atoms with E-state index in [9.17, 15) is 9.90 Å². The predicted octanol–water partition coefficient (Wildman–Crippen LogP) is 7.41. The van der Waals surface area contributed by atoms with Gasteiger partial charge in [-0.25, -0.2) is 0 Å². The normalized spacial score (nSPS) is 14.7. The Kier molecular flexibility index (Phi) is 11.0. The number of hydrogen-bond donors (Lipinski definition) is 2. The molecule has 7 nitrogen and oxygen atoms in total. The second-order valence-corrected chi connectivity index (χ2v) is 13.0. The summed E-state index contributed by atoms with van der Waals surface area (Å²) < 4.78 is 5.89. The van der Waals surface area contributed by atoms with Crippen LogP contribution in [0.5, 0.6) is 5.75 Å². The van der Waals surface area contributed by atoms with Crippen molar-refractivity contribution in [2.45, 2.75) is 72.8 Å². The topological polar surface area (TPSA) is 95.8 Å². The van der Waals surface area contributed by atoms with E-state index in [2.05, 4.69) is 28.7 Å². The lowest BCUT2D eigenvalue weighted by atomic mass is 9.82. The molecule has 0 saturated carbocycles.